The van der Waals surface area contributed by atoms with Crippen LogP contribution < -0.4 is 26.6 Å². The second-order valence-electron chi connectivity index (χ2n) is 8.35. The zero-order chi connectivity index (χ0) is 21.8. The minimum absolute atomic E-state index is 0.283. The van der Waals surface area contributed by atoms with Crippen LogP contribution in [0.3, 0.4) is 0 Å². The van der Waals surface area contributed by atoms with Crippen LogP contribution in [0.25, 0.3) is 0 Å². The largest absolute Gasteiger partial charge is 0.366 e. The van der Waals surface area contributed by atoms with Gasteiger partial charge in [0.1, 0.15) is 0 Å². The van der Waals surface area contributed by atoms with Crippen LogP contribution in [0.2, 0.25) is 0 Å². The lowest BCUT2D eigenvalue weighted by Crippen LogP contribution is -2.27. The fraction of sp³-hybridized carbons (Fsp3) is 0.524. The second-order valence-corrected chi connectivity index (χ2v) is 8.35. The number of anilines is 4. The third kappa shape index (κ3) is 5.35. The predicted octanol–water partition coefficient (Wildman–Crippen LogP) is 2.20. The summed E-state index contributed by atoms with van der Waals surface area (Å²) in [4.78, 5) is 27.5. The van der Waals surface area contributed by atoms with E-state index in [0.717, 1.165) is 42.9 Å². The van der Waals surface area contributed by atoms with E-state index in [-0.39, 0.29) is 6.04 Å². The molecule has 2 heterocycles. The van der Waals surface area contributed by atoms with Gasteiger partial charge in [0, 0.05) is 37.4 Å². The highest BCUT2D eigenvalue weighted by atomic mass is 16.1. The Kier molecular flexibility index (Phi) is 6.71. The van der Waals surface area contributed by atoms with Gasteiger partial charge in [0.15, 0.2) is 0 Å². The van der Waals surface area contributed by atoms with Gasteiger partial charge in [-0.3, -0.25) is 4.79 Å². The number of nitrogens with two attached hydrogens (primary N) is 1. The Morgan fingerprint density at radius 3 is 2.63 bits per heavy atom. The molecule has 1 aromatic carbocycles. The molecule has 1 atom stereocenters. The molecule has 30 heavy (non-hydrogen) atoms. The van der Waals surface area contributed by atoms with E-state index in [4.69, 9.17) is 5.73 Å². The van der Waals surface area contributed by atoms with Crippen LogP contribution in [0, 0.1) is 19.8 Å². The van der Waals surface area contributed by atoms with E-state index < -0.39 is 5.91 Å². The van der Waals surface area contributed by atoms with Gasteiger partial charge in [0.2, 0.25) is 23.8 Å². The summed E-state index contributed by atoms with van der Waals surface area (Å²) in [7, 11) is 1.98. The van der Waals surface area contributed by atoms with E-state index in [9.17, 15) is 4.79 Å². The molecule has 0 radical (unpaired) electrons. The van der Waals surface area contributed by atoms with Gasteiger partial charge in [0.05, 0.1) is 0 Å². The quantitative estimate of drug-likeness (QED) is 0.521. The molecule has 5 N–H and O–H groups in total. The van der Waals surface area contributed by atoms with Crippen molar-refractivity contribution in [3.05, 3.63) is 28.8 Å². The molecular weight excluding hydrogens is 380 g/mol. The number of nitrogens with zero attached hydrogens (tertiary/aromatic N) is 4. The summed E-state index contributed by atoms with van der Waals surface area (Å²) >= 11 is 0. The molecular formula is C21H32N8O. The monoisotopic (exact) mass is 412 g/mol. The molecule has 3 rings (SSSR count). The maximum atomic E-state index is 11.7. The molecule has 1 aromatic heterocycles. The van der Waals surface area contributed by atoms with Crippen LogP contribution in [0.15, 0.2) is 12.1 Å². The molecule has 1 saturated heterocycles. The molecule has 0 spiro atoms. The number of amides is 1. The normalized spacial score (nSPS) is 16.0. The molecule has 9 heteroatoms. The molecule has 1 amide bonds. The van der Waals surface area contributed by atoms with Crippen LogP contribution in [-0.2, 0) is 0 Å². The van der Waals surface area contributed by atoms with Gasteiger partial charge in [-0.25, -0.2) is 0 Å². The number of nitrogens with one attached hydrogen (secondary N) is 3. The smallest absolute Gasteiger partial charge is 0.248 e. The van der Waals surface area contributed by atoms with Crippen molar-refractivity contribution in [1.82, 2.24) is 20.3 Å². The molecule has 162 valence electrons. The molecule has 0 aliphatic carbocycles. The van der Waals surface area contributed by atoms with Crippen molar-refractivity contribution in [3.63, 3.8) is 0 Å². The van der Waals surface area contributed by atoms with E-state index in [0.29, 0.717) is 29.3 Å². The summed E-state index contributed by atoms with van der Waals surface area (Å²) in [6, 6.07) is 3.81. The third-order valence-electron chi connectivity index (χ3n) is 5.20. The van der Waals surface area contributed by atoms with E-state index in [1.807, 2.05) is 25.8 Å². The lowest BCUT2D eigenvalue weighted by molar-refractivity contribution is 0.1000. The van der Waals surface area contributed by atoms with Gasteiger partial charge in [-0.2, -0.15) is 15.0 Å². The molecule has 1 aliphatic rings. The highest BCUT2D eigenvalue weighted by Gasteiger charge is 2.18. The van der Waals surface area contributed by atoms with Crippen molar-refractivity contribution in [2.24, 2.45) is 11.7 Å². The number of aromatic nitrogens is 3. The maximum absolute atomic E-state index is 11.7. The number of benzene rings is 1. The van der Waals surface area contributed by atoms with Crippen molar-refractivity contribution in [2.45, 2.75) is 40.2 Å². The first kappa shape index (κ1) is 21.8. The number of carbonyl (C=O) groups excluding carboxylic acids is 1. The van der Waals surface area contributed by atoms with Crippen molar-refractivity contribution in [3.8, 4) is 0 Å². The summed E-state index contributed by atoms with van der Waals surface area (Å²) in [5.74, 6) is 1.55. The highest BCUT2D eigenvalue weighted by molar-refractivity contribution is 5.94. The Bertz CT molecular complexity index is 908. The molecule has 1 fully saturated rings. The molecule has 0 saturated carbocycles. The number of carbonyl (C=O) groups is 1. The van der Waals surface area contributed by atoms with Crippen molar-refractivity contribution in [1.29, 1.82) is 0 Å². The molecule has 0 unspecified atom stereocenters. The lowest BCUT2D eigenvalue weighted by atomic mass is 10.0. The molecule has 9 nitrogen and oxygen atoms in total. The highest BCUT2D eigenvalue weighted by Crippen LogP contribution is 2.25. The average Bonchev–Trinajstić information content (AvgIpc) is 3.17. The van der Waals surface area contributed by atoms with Crippen LogP contribution in [-0.4, -0.2) is 53.6 Å². The molecule has 1 aliphatic heterocycles. The van der Waals surface area contributed by atoms with Gasteiger partial charge in [-0.05, 0) is 56.0 Å². The van der Waals surface area contributed by atoms with Gasteiger partial charge < -0.3 is 26.6 Å². The Morgan fingerprint density at radius 2 is 2.00 bits per heavy atom. The average molecular weight is 413 g/mol. The number of aryl methyl sites for hydroxylation is 1. The Hall–Kier alpha value is -2.94. The number of rotatable bonds is 8. The van der Waals surface area contributed by atoms with Crippen molar-refractivity contribution in [2.75, 3.05) is 42.2 Å². The minimum atomic E-state index is -0.467. The third-order valence-corrected chi connectivity index (χ3v) is 5.20. The van der Waals surface area contributed by atoms with Crippen molar-refractivity contribution < 1.29 is 4.79 Å². The molecule has 0 bridgehead atoms. The fourth-order valence-electron chi connectivity index (χ4n) is 3.50. The van der Waals surface area contributed by atoms with Gasteiger partial charge in [-0.1, -0.05) is 13.8 Å². The van der Waals surface area contributed by atoms with E-state index >= 15 is 0 Å². The topological polar surface area (TPSA) is 121 Å². The van der Waals surface area contributed by atoms with Gasteiger partial charge in [-0.15, -0.1) is 0 Å². The summed E-state index contributed by atoms with van der Waals surface area (Å²) < 4.78 is 0. The number of hydrogen-bond acceptors (Lipinski definition) is 8. The minimum Gasteiger partial charge on any atom is -0.366 e. The summed E-state index contributed by atoms with van der Waals surface area (Å²) in [6.45, 7) is 10.9. The first-order valence-electron chi connectivity index (χ1n) is 10.4. The van der Waals surface area contributed by atoms with Gasteiger partial charge >= 0.3 is 0 Å². The summed E-state index contributed by atoms with van der Waals surface area (Å²) in [6.07, 6.45) is 1.02. The first-order valence-corrected chi connectivity index (χ1v) is 10.4. The standard InChI is InChI=1S/C21H32N8O/c1-12(2)11-29(5)21-27-19(24-16-6-7-23-10-16)26-20(28-21)25-17-9-15(18(22)30)8-13(3)14(17)4/h8-9,12,16,23H,6-7,10-11H2,1-5H3,(H2,22,30)(H2,24,25,26,27,28)/t16-/m0/s1. The lowest BCUT2D eigenvalue weighted by Gasteiger charge is -2.21. The SMILES string of the molecule is Cc1cc(C(N)=O)cc(Nc2nc(N[C@H]3CCNC3)nc(N(C)CC(C)C)n2)c1C. The van der Waals surface area contributed by atoms with Crippen LogP contribution in [0.4, 0.5) is 23.5 Å². The Balaban J connectivity index is 1.95. The fourth-order valence-corrected chi connectivity index (χ4v) is 3.50. The predicted molar refractivity (Wildman–Crippen MR) is 121 cm³/mol. The summed E-state index contributed by atoms with van der Waals surface area (Å²) in [5, 5.41) is 10.0. The zero-order valence-electron chi connectivity index (χ0n) is 18.4. The first-order chi connectivity index (χ1) is 14.2. The van der Waals surface area contributed by atoms with E-state index in [1.165, 1.54) is 0 Å². The number of hydrogen-bond donors (Lipinski definition) is 4. The van der Waals surface area contributed by atoms with Gasteiger partial charge in [0.25, 0.3) is 0 Å². The zero-order valence-corrected chi connectivity index (χ0v) is 18.4. The maximum Gasteiger partial charge on any atom is 0.248 e. The number of primary amides is 1. The summed E-state index contributed by atoms with van der Waals surface area (Å²) in [5.41, 5.74) is 8.66. The van der Waals surface area contributed by atoms with Crippen molar-refractivity contribution >= 4 is 29.4 Å². The second kappa shape index (κ2) is 9.25. The Labute approximate surface area is 177 Å². The van der Waals surface area contributed by atoms with Crippen LogP contribution in [0.1, 0.15) is 41.8 Å². The van der Waals surface area contributed by atoms with Crippen LogP contribution in [0.5, 0.6) is 0 Å². The molecule has 2 aromatic rings. The van der Waals surface area contributed by atoms with Crippen LogP contribution >= 0.6 is 0 Å². The van der Waals surface area contributed by atoms with E-state index in [2.05, 4.69) is 44.7 Å². The van der Waals surface area contributed by atoms with E-state index in [1.54, 1.807) is 12.1 Å². The Morgan fingerprint density at radius 1 is 1.27 bits per heavy atom.